The van der Waals surface area contributed by atoms with Crippen LogP contribution in [0, 0.1) is 6.92 Å². The summed E-state index contributed by atoms with van der Waals surface area (Å²) >= 11 is 3.51. The van der Waals surface area contributed by atoms with Gasteiger partial charge in [0.25, 0.3) is 5.91 Å². The van der Waals surface area contributed by atoms with Gasteiger partial charge in [0.2, 0.25) is 0 Å². The number of hydrogen-bond acceptors (Lipinski definition) is 1. The Morgan fingerprint density at radius 2 is 2.00 bits per heavy atom. The molecule has 88 valence electrons. The van der Waals surface area contributed by atoms with Gasteiger partial charge in [-0.15, -0.1) is 0 Å². The number of carbonyl (C=O) groups is 1. The Balaban J connectivity index is 2.66. The molecule has 0 saturated heterocycles. The zero-order valence-electron chi connectivity index (χ0n) is 9.70. The number of aromatic nitrogens is 1. The van der Waals surface area contributed by atoms with Gasteiger partial charge in [0.1, 0.15) is 0 Å². The number of primary amides is 1. The number of nitrogens with zero attached hydrogens (tertiary/aromatic N) is 1. The molecule has 1 aromatic carbocycles. The molecule has 0 aliphatic carbocycles. The third kappa shape index (κ3) is 2.00. The molecule has 4 heteroatoms. The predicted octanol–water partition coefficient (Wildman–Crippen LogP) is 2.86. The number of rotatable bonds is 2. The standard InChI is InChI=1S/C13H13BrN2O/c1-8-10(13(15)17)7-12(16(8)2)9-5-3-4-6-11(9)14/h3-7H,1-2H3,(H2,15,17). The largest absolute Gasteiger partial charge is 0.366 e. The molecule has 0 spiro atoms. The van der Waals surface area contributed by atoms with Crippen LogP contribution in [0.25, 0.3) is 11.3 Å². The van der Waals surface area contributed by atoms with Crippen LogP contribution < -0.4 is 5.73 Å². The minimum absolute atomic E-state index is 0.392. The Kier molecular flexibility index (Phi) is 3.07. The van der Waals surface area contributed by atoms with Crippen molar-refractivity contribution in [1.29, 1.82) is 0 Å². The summed E-state index contributed by atoms with van der Waals surface area (Å²) in [6.07, 6.45) is 0. The van der Waals surface area contributed by atoms with E-state index in [2.05, 4.69) is 15.9 Å². The quantitative estimate of drug-likeness (QED) is 0.909. The molecule has 2 rings (SSSR count). The van der Waals surface area contributed by atoms with Gasteiger partial charge in [-0.2, -0.15) is 0 Å². The minimum atomic E-state index is -0.392. The predicted molar refractivity (Wildman–Crippen MR) is 71.8 cm³/mol. The number of amides is 1. The Hall–Kier alpha value is -1.55. The molecule has 2 N–H and O–H groups in total. The SMILES string of the molecule is Cc1c(C(N)=O)cc(-c2ccccc2Br)n1C. The fraction of sp³-hybridized carbons (Fsp3) is 0.154. The van der Waals surface area contributed by atoms with E-state index in [4.69, 9.17) is 5.73 Å². The van der Waals surface area contributed by atoms with Crippen LogP contribution in [0.4, 0.5) is 0 Å². The fourth-order valence-corrected chi connectivity index (χ4v) is 2.36. The molecule has 0 aliphatic rings. The van der Waals surface area contributed by atoms with Gasteiger partial charge in [0, 0.05) is 28.5 Å². The van der Waals surface area contributed by atoms with Gasteiger partial charge in [-0.05, 0) is 19.1 Å². The molecule has 0 unspecified atom stereocenters. The molecule has 2 aromatic rings. The summed E-state index contributed by atoms with van der Waals surface area (Å²) in [6, 6.07) is 9.73. The van der Waals surface area contributed by atoms with E-state index in [0.717, 1.165) is 21.4 Å². The van der Waals surface area contributed by atoms with E-state index in [0.29, 0.717) is 5.56 Å². The lowest BCUT2D eigenvalue weighted by atomic mass is 10.1. The lowest BCUT2D eigenvalue weighted by Gasteiger charge is -2.06. The summed E-state index contributed by atoms with van der Waals surface area (Å²) in [5.74, 6) is -0.392. The van der Waals surface area contributed by atoms with E-state index in [-0.39, 0.29) is 0 Å². The van der Waals surface area contributed by atoms with Gasteiger partial charge < -0.3 is 10.3 Å². The molecule has 3 nitrogen and oxygen atoms in total. The topological polar surface area (TPSA) is 48.0 Å². The van der Waals surface area contributed by atoms with Crippen molar-refractivity contribution >= 4 is 21.8 Å². The second-order valence-electron chi connectivity index (χ2n) is 3.93. The first-order valence-electron chi connectivity index (χ1n) is 5.23. The molecule has 1 heterocycles. The second-order valence-corrected chi connectivity index (χ2v) is 4.79. The summed E-state index contributed by atoms with van der Waals surface area (Å²) in [7, 11) is 1.93. The van der Waals surface area contributed by atoms with E-state index in [9.17, 15) is 4.79 Å². The summed E-state index contributed by atoms with van der Waals surface area (Å²) in [4.78, 5) is 11.3. The van der Waals surface area contributed by atoms with E-state index < -0.39 is 5.91 Å². The number of halogens is 1. The van der Waals surface area contributed by atoms with Crippen LogP contribution >= 0.6 is 15.9 Å². The normalized spacial score (nSPS) is 10.5. The summed E-state index contributed by atoms with van der Waals surface area (Å²) in [5.41, 5.74) is 8.82. The molecular weight excluding hydrogens is 280 g/mol. The molecule has 1 amide bonds. The van der Waals surface area contributed by atoms with Crippen LogP contribution in [0.5, 0.6) is 0 Å². The summed E-state index contributed by atoms with van der Waals surface area (Å²) < 4.78 is 2.97. The maximum atomic E-state index is 11.3. The molecule has 0 aliphatic heterocycles. The van der Waals surface area contributed by atoms with Crippen LogP contribution in [0.1, 0.15) is 16.1 Å². The lowest BCUT2D eigenvalue weighted by molar-refractivity contribution is 0.0999. The van der Waals surface area contributed by atoms with Crippen molar-refractivity contribution in [2.24, 2.45) is 12.8 Å². The van der Waals surface area contributed by atoms with Crippen molar-refractivity contribution in [3.63, 3.8) is 0 Å². The number of benzene rings is 1. The van der Waals surface area contributed by atoms with Crippen molar-refractivity contribution < 1.29 is 4.79 Å². The average molecular weight is 293 g/mol. The number of hydrogen-bond donors (Lipinski definition) is 1. The first-order valence-corrected chi connectivity index (χ1v) is 6.02. The molecule has 0 radical (unpaired) electrons. The van der Waals surface area contributed by atoms with Crippen LogP contribution in [0.3, 0.4) is 0 Å². The van der Waals surface area contributed by atoms with Crippen LogP contribution in [-0.2, 0) is 7.05 Å². The molecule has 1 aromatic heterocycles. The Bertz CT molecular complexity index is 587. The van der Waals surface area contributed by atoms with Gasteiger partial charge in [-0.3, -0.25) is 4.79 Å². The monoisotopic (exact) mass is 292 g/mol. The second kappa shape index (κ2) is 4.37. The number of nitrogens with two attached hydrogens (primary N) is 1. The molecule has 0 saturated carbocycles. The first kappa shape index (κ1) is 11.9. The fourth-order valence-electron chi connectivity index (χ4n) is 1.88. The minimum Gasteiger partial charge on any atom is -0.366 e. The Morgan fingerprint density at radius 3 is 2.53 bits per heavy atom. The zero-order chi connectivity index (χ0) is 12.6. The van der Waals surface area contributed by atoms with Crippen molar-refractivity contribution in [2.75, 3.05) is 0 Å². The maximum absolute atomic E-state index is 11.3. The molecular formula is C13H13BrN2O. The maximum Gasteiger partial charge on any atom is 0.250 e. The highest BCUT2D eigenvalue weighted by Gasteiger charge is 2.15. The van der Waals surface area contributed by atoms with Crippen molar-refractivity contribution in [2.45, 2.75) is 6.92 Å². The van der Waals surface area contributed by atoms with Crippen molar-refractivity contribution in [3.05, 3.63) is 46.1 Å². The van der Waals surface area contributed by atoms with Crippen LogP contribution in [0.2, 0.25) is 0 Å². The van der Waals surface area contributed by atoms with Gasteiger partial charge in [-0.25, -0.2) is 0 Å². The van der Waals surface area contributed by atoms with Crippen LogP contribution in [0.15, 0.2) is 34.8 Å². The van der Waals surface area contributed by atoms with Gasteiger partial charge in [-0.1, -0.05) is 34.1 Å². The lowest BCUT2D eigenvalue weighted by Crippen LogP contribution is -2.11. The highest BCUT2D eigenvalue weighted by atomic mass is 79.9. The van der Waals surface area contributed by atoms with E-state index in [1.54, 1.807) is 0 Å². The van der Waals surface area contributed by atoms with Gasteiger partial charge in [0.15, 0.2) is 0 Å². The Morgan fingerprint density at radius 1 is 1.35 bits per heavy atom. The zero-order valence-corrected chi connectivity index (χ0v) is 11.3. The van der Waals surface area contributed by atoms with Crippen molar-refractivity contribution in [1.82, 2.24) is 4.57 Å². The highest BCUT2D eigenvalue weighted by molar-refractivity contribution is 9.10. The van der Waals surface area contributed by atoms with Crippen LogP contribution in [-0.4, -0.2) is 10.5 Å². The Labute approximate surface area is 108 Å². The highest BCUT2D eigenvalue weighted by Crippen LogP contribution is 2.30. The molecule has 17 heavy (non-hydrogen) atoms. The van der Waals surface area contributed by atoms with E-state index in [1.165, 1.54) is 0 Å². The smallest absolute Gasteiger partial charge is 0.250 e. The summed E-state index contributed by atoms with van der Waals surface area (Å²) in [5, 5.41) is 0. The van der Waals surface area contributed by atoms with E-state index in [1.807, 2.05) is 48.9 Å². The molecule has 0 fully saturated rings. The third-order valence-corrected chi connectivity index (χ3v) is 3.64. The number of carbonyl (C=O) groups excluding carboxylic acids is 1. The third-order valence-electron chi connectivity index (χ3n) is 2.95. The van der Waals surface area contributed by atoms with Crippen molar-refractivity contribution in [3.8, 4) is 11.3 Å². The summed E-state index contributed by atoms with van der Waals surface area (Å²) in [6.45, 7) is 1.89. The van der Waals surface area contributed by atoms with Gasteiger partial charge in [0.05, 0.1) is 5.56 Å². The van der Waals surface area contributed by atoms with Gasteiger partial charge >= 0.3 is 0 Å². The first-order chi connectivity index (χ1) is 8.02. The molecule has 0 bridgehead atoms. The molecule has 0 atom stereocenters. The average Bonchev–Trinajstić information content (AvgIpc) is 2.57. The van der Waals surface area contributed by atoms with E-state index >= 15 is 0 Å².